The Kier molecular flexibility index (Phi) is 4.56. The molecule has 0 atom stereocenters. The van der Waals surface area contributed by atoms with Crippen molar-refractivity contribution in [2.75, 3.05) is 26.2 Å². The van der Waals surface area contributed by atoms with Crippen molar-refractivity contribution in [1.82, 2.24) is 4.98 Å². The van der Waals surface area contributed by atoms with Gasteiger partial charge in [-0.2, -0.15) is 0 Å². The Hall–Kier alpha value is -2.75. The highest BCUT2D eigenvalue weighted by Crippen LogP contribution is 2.30. The zero-order chi connectivity index (χ0) is 17.1. The number of ether oxygens (including phenoxy) is 2. The van der Waals surface area contributed by atoms with Gasteiger partial charge in [0, 0.05) is 30.4 Å². The minimum atomic E-state index is 0.785. The van der Waals surface area contributed by atoms with Gasteiger partial charge in [0.2, 0.25) is 0 Å². The third kappa shape index (κ3) is 3.27. The van der Waals surface area contributed by atoms with Crippen LogP contribution in [0.4, 0.5) is 5.69 Å². The first-order valence-electron chi connectivity index (χ1n) is 7.90. The Morgan fingerprint density at radius 1 is 0.958 bits per heavy atom. The second kappa shape index (κ2) is 6.79. The lowest BCUT2D eigenvalue weighted by molar-refractivity contribution is 0.414. The van der Waals surface area contributed by atoms with E-state index in [-0.39, 0.29) is 0 Å². The molecule has 0 aliphatic carbocycles. The maximum absolute atomic E-state index is 5.37. The molecule has 4 nitrogen and oxygen atoms in total. The van der Waals surface area contributed by atoms with Crippen LogP contribution >= 0.6 is 0 Å². The molecule has 0 spiro atoms. The maximum atomic E-state index is 5.37. The number of rotatable bonds is 5. The van der Waals surface area contributed by atoms with Gasteiger partial charge in [-0.3, -0.25) is 4.98 Å². The summed E-state index contributed by atoms with van der Waals surface area (Å²) in [5.74, 6) is 1.71. The molecular weight excluding hydrogens is 300 g/mol. The number of fused-ring (bicyclic) bond motifs is 1. The average Bonchev–Trinajstić information content (AvgIpc) is 2.60. The molecule has 1 aromatic heterocycles. The van der Waals surface area contributed by atoms with Crippen LogP contribution in [0.1, 0.15) is 11.3 Å². The summed E-state index contributed by atoms with van der Waals surface area (Å²) in [6, 6.07) is 16.2. The molecule has 0 aliphatic heterocycles. The van der Waals surface area contributed by atoms with E-state index >= 15 is 0 Å². The predicted octanol–water partition coefficient (Wildman–Crippen LogP) is 4.20. The number of nitrogens with zero attached hydrogens (tertiary/aromatic N) is 2. The van der Waals surface area contributed by atoms with Gasteiger partial charge in [0.1, 0.15) is 11.5 Å². The Balaban J connectivity index is 2.00. The number of methoxy groups -OCH3 is 2. The molecule has 1 heterocycles. The van der Waals surface area contributed by atoms with Crippen LogP contribution in [-0.2, 0) is 6.54 Å². The van der Waals surface area contributed by atoms with Gasteiger partial charge in [-0.1, -0.05) is 12.1 Å². The highest BCUT2D eigenvalue weighted by atomic mass is 16.5. The van der Waals surface area contributed by atoms with Crippen molar-refractivity contribution in [3.8, 4) is 11.5 Å². The van der Waals surface area contributed by atoms with Gasteiger partial charge in [0.25, 0.3) is 0 Å². The van der Waals surface area contributed by atoms with Crippen LogP contribution < -0.4 is 14.4 Å². The smallest absolute Gasteiger partial charge is 0.119 e. The zero-order valence-electron chi connectivity index (χ0n) is 14.5. The van der Waals surface area contributed by atoms with E-state index in [1.807, 2.05) is 37.3 Å². The molecule has 0 bridgehead atoms. The highest BCUT2D eigenvalue weighted by molar-refractivity contribution is 5.93. The number of aromatic nitrogens is 1. The van der Waals surface area contributed by atoms with Crippen LogP contribution in [0.3, 0.4) is 0 Å². The van der Waals surface area contributed by atoms with Gasteiger partial charge in [0.05, 0.1) is 19.7 Å². The lowest BCUT2D eigenvalue weighted by atomic mass is 10.1. The molecule has 3 rings (SSSR count). The predicted molar refractivity (Wildman–Crippen MR) is 98.1 cm³/mol. The molecule has 0 saturated carbocycles. The molecule has 0 unspecified atom stereocenters. The molecule has 0 saturated heterocycles. The molecule has 4 heteroatoms. The summed E-state index contributed by atoms with van der Waals surface area (Å²) >= 11 is 0. The third-order valence-corrected chi connectivity index (χ3v) is 4.09. The lowest BCUT2D eigenvalue weighted by Crippen LogP contribution is -2.17. The van der Waals surface area contributed by atoms with Crippen molar-refractivity contribution in [2.45, 2.75) is 13.5 Å². The van der Waals surface area contributed by atoms with E-state index in [1.165, 1.54) is 5.56 Å². The van der Waals surface area contributed by atoms with Crippen LogP contribution in [0.15, 0.2) is 48.5 Å². The number of pyridine rings is 1. The Morgan fingerprint density at radius 2 is 1.71 bits per heavy atom. The summed E-state index contributed by atoms with van der Waals surface area (Å²) in [6.45, 7) is 2.81. The van der Waals surface area contributed by atoms with Crippen molar-refractivity contribution in [1.29, 1.82) is 0 Å². The molecule has 0 N–H and O–H groups in total. The van der Waals surface area contributed by atoms with E-state index in [2.05, 4.69) is 35.1 Å². The van der Waals surface area contributed by atoms with E-state index in [9.17, 15) is 0 Å². The standard InChI is InChI=1S/C20H22N2O2/c1-14-10-20(18-12-17(24-4)8-9-19(18)21-14)22(2)13-15-6-5-7-16(11-15)23-3/h5-12H,13H2,1-4H3. The van der Waals surface area contributed by atoms with Crippen LogP contribution in [0.2, 0.25) is 0 Å². The van der Waals surface area contributed by atoms with Crippen molar-refractivity contribution in [3.63, 3.8) is 0 Å². The Morgan fingerprint density at radius 3 is 2.46 bits per heavy atom. The van der Waals surface area contributed by atoms with Crippen LogP contribution in [0.25, 0.3) is 10.9 Å². The largest absolute Gasteiger partial charge is 0.497 e. The van der Waals surface area contributed by atoms with Gasteiger partial charge in [0.15, 0.2) is 0 Å². The fraction of sp³-hybridized carbons (Fsp3) is 0.250. The first-order chi connectivity index (χ1) is 11.6. The molecule has 0 aliphatic rings. The Bertz CT molecular complexity index is 861. The van der Waals surface area contributed by atoms with Gasteiger partial charge >= 0.3 is 0 Å². The van der Waals surface area contributed by atoms with Gasteiger partial charge < -0.3 is 14.4 Å². The molecule has 0 fully saturated rings. The van der Waals surface area contributed by atoms with Gasteiger partial charge in [-0.15, -0.1) is 0 Å². The van der Waals surface area contributed by atoms with Gasteiger partial charge in [-0.25, -0.2) is 0 Å². The fourth-order valence-corrected chi connectivity index (χ4v) is 2.89. The number of aryl methyl sites for hydroxylation is 1. The van der Waals surface area contributed by atoms with Crippen LogP contribution in [-0.4, -0.2) is 26.3 Å². The number of benzene rings is 2. The molecule has 124 valence electrons. The van der Waals surface area contributed by atoms with Crippen molar-refractivity contribution in [2.24, 2.45) is 0 Å². The first kappa shape index (κ1) is 16.1. The SMILES string of the molecule is COc1cccc(CN(C)c2cc(C)nc3ccc(OC)cc23)c1. The summed E-state index contributed by atoms with van der Waals surface area (Å²) < 4.78 is 10.7. The summed E-state index contributed by atoms with van der Waals surface area (Å²) in [5, 5.41) is 1.09. The second-order valence-corrected chi connectivity index (χ2v) is 5.87. The topological polar surface area (TPSA) is 34.6 Å². The summed E-state index contributed by atoms with van der Waals surface area (Å²) in [6.07, 6.45) is 0. The van der Waals surface area contributed by atoms with Gasteiger partial charge in [-0.05, 0) is 48.9 Å². The van der Waals surface area contributed by atoms with E-state index in [4.69, 9.17) is 9.47 Å². The molecule has 0 amide bonds. The summed E-state index contributed by atoms with van der Waals surface area (Å²) in [7, 11) is 5.46. The highest BCUT2D eigenvalue weighted by Gasteiger charge is 2.10. The normalized spacial score (nSPS) is 10.7. The van der Waals surface area contributed by atoms with Crippen molar-refractivity contribution in [3.05, 3.63) is 59.8 Å². The van der Waals surface area contributed by atoms with E-state index in [0.29, 0.717) is 0 Å². The summed E-state index contributed by atoms with van der Waals surface area (Å²) in [4.78, 5) is 6.85. The van der Waals surface area contributed by atoms with Crippen LogP contribution in [0, 0.1) is 6.92 Å². The molecule has 3 aromatic rings. The number of hydrogen-bond acceptors (Lipinski definition) is 4. The molecule has 2 aromatic carbocycles. The third-order valence-electron chi connectivity index (χ3n) is 4.09. The zero-order valence-corrected chi connectivity index (χ0v) is 14.5. The minimum absolute atomic E-state index is 0.785. The number of anilines is 1. The monoisotopic (exact) mass is 322 g/mol. The lowest BCUT2D eigenvalue weighted by Gasteiger charge is -2.22. The van der Waals surface area contributed by atoms with Crippen LogP contribution in [0.5, 0.6) is 11.5 Å². The fourth-order valence-electron chi connectivity index (χ4n) is 2.89. The molecular formula is C20H22N2O2. The summed E-state index contributed by atoms with van der Waals surface area (Å²) in [5.41, 5.74) is 4.31. The quantitative estimate of drug-likeness (QED) is 0.705. The molecule has 0 radical (unpaired) electrons. The Labute approximate surface area is 142 Å². The van der Waals surface area contributed by atoms with E-state index < -0.39 is 0 Å². The average molecular weight is 322 g/mol. The van der Waals surface area contributed by atoms with Crippen molar-refractivity contribution < 1.29 is 9.47 Å². The van der Waals surface area contributed by atoms with E-state index in [0.717, 1.165) is 40.3 Å². The molecule has 24 heavy (non-hydrogen) atoms. The minimum Gasteiger partial charge on any atom is -0.497 e. The first-order valence-corrected chi connectivity index (χ1v) is 7.90. The van der Waals surface area contributed by atoms with E-state index in [1.54, 1.807) is 14.2 Å². The van der Waals surface area contributed by atoms with Crippen molar-refractivity contribution >= 4 is 16.6 Å². The second-order valence-electron chi connectivity index (χ2n) is 5.87. The number of hydrogen-bond donors (Lipinski definition) is 0. The maximum Gasteiger partial charge on any atom is 0.119 e.